The van der Waals surface area contributed by atoms with Gasteiger partial charge in [-0.25, -0.2) is 4.58 Å². The van der Waals surface area contributed by atoms with E-state index in [4.69, 9.17) is 0 Å². The minimum Gasteiger partial charge on any atom is -0.423 e. The van der Waals surface area contributed by atoms with Crippen molar-refractivity contribution in [1.29, 1.82) is 0 Å². The van der Waals surface area contributed by atoms with Crippen molar-refractivity contribution in [2.75, 3.05) is 59.3 Å². The van der Waals surface area contributed by atoms with Crippen LogP contribution in [0.3, 0.4) is 0 Å². The average Bonchev–Trinajstić information content (AvgIpc) is 1.76. The Labute approximate surface area is 495 Å². The van der Waals surface area contributed by atoms with E-state index in [0.29, 0.717) is 87.3 Å². The maximum atomic E-state index is 12.7. The number of nitrogens with zero attached hydrogens (tertiary/aromatic N) is 4. The van der Waals surface area contributed by atoms with Gasteiger partial charge in [0, 0.05) is 100 Å². The number of hydrogen-bond acceptors (Lipinski definition) is 10. The van der Waals surface area contributed by atoms with E-state index in [1.807, 2.05) is 36.4 Å². The lowest BCUT2D eigenvalue weighted by molar-refractivity contribution is -0.462. The van der Waals surface area contributed by atoms with E-state index in [9.17, 15) is 29.7 Å². The molecule has 7 aromatic rings. The number of carbonyl (C=O) groups excluding carboxylic acids is 2. The molecule has 0 bridgehead atoms. The van der Waals surface area contributed by atoms with Crippen LogP contribution < -0.4 is 31.6 Å². The predicted molar refractivity (Wildman–Crippen MR) is 349 cm³/mol. The summed E-state index contributed by atoms with van der Waals surface area (Å²) in [5, 5.41) is 57.8. The van der Waals surface area contributed by atoms with Crippen molar-refractivity contribution >= 4 is 100 Å². The van der Waals surface area contributed by atoms with Crippen molar-refractivity contribution in [2.45, 2.75) is 66.0 Å². The van der Waals surface area contributed by atoms with Gasteiger partial charge in [0.1, 0.15) is 22.2 Å². The van der Waals surface area contributed by atoms with Crippen LogP contribution in [0.5, 0.6) is 0 Å². The van der Waals surface area contributed by atoms with Crippen LogP contribution in [0.2, 0.25) is 13.1 Å². The molecule has 2 aliphatic rings. The van der Waals surface area contributed by atoms with Crippen LogP contribution in [0.25, 0.3) is 37.6 Å². The molecule has 0 spiro atoms. The number of amides is 2. The summed E-state index contributed by atoms with van der Waals surface area (Å²) in [6.45, 7) is 19.9. The molecular formula is C67H77B2N6O6SSi+. The van der Waals surface area contributed by atoms with E-state index in [0.717, 1.165) is 54.2 Å². The summed E-state index contributed by atoms with van der Waals surface area (Å²) < 4.78 is 2.19. The number of hydrogen-bond donors (Lipinski definition) is 6. The van der Waals surface area contributed by atoms with Gasteiger partial charge >= 0.3 is 14.2 Å². The molecule has 1 aromatic heterocycles. The molecule has 2 heterocycles. The second-order valence-electron chi connectivity index (χ2n) is 23.1. The molecule has 6 N–H and O–H groups in total. The second kappa shape index (κ2) is 26.1. The second-order valence-corrected chi connectivity index (χ2v) is 28.3. The lowest BCUT2D eigenvalue weighted by Crippen LogP contribution is -2.49. The average molecular weight is 1140 g/mol. The fourth-order valence-electron chi connectivity index (χ4n) is 11.7. The first kappa shape index (κ1) is 60.4. The molecule has 0 unspecified atom stereocenters. The first-order valence-corrected chi connectivity index (χ1v) is 32.4. The number of fused-ring (bicyclic) bond motifs is 4. The van der Waals surface area contributed by atoms with E-state index in [1.54, 1.807) is 37.3 Å². The smallest absolute Gasteiger partial charge is 0.423 e. The molecule has 1 aliphatic heterocycles. The molecule has 0 fully saturated rings. The first-order valence-electron chi connectivity index (χ1n) is 28.5. The predicted octanol–water partition coefficient (Wildman–Crippen LogP) is 7.80. The van der Waals surface area contributed by atoms with E-state index in [2.05, 4.69) is 175 Å². The van der Waals surface area contributed by atoms with E-state index >= 15 is 0 Å². The molecule has 0 saturated heterocycles. The van der Waals surface area contributed by atoms with E-state index in [-0.39, 0.29) is 11.8 Å². The third-order valence-corrected chi connectivity index (χ3v) is 20.7. The highest BCUT2D eigenvalue weighted by Gasteiger charge is 2.41. The number of allylic oxidation sites excluding steroid dienone is 5. The fraction of sp³-hybridized carbons (Fsp3) is 0.269. The van der Waals surface area contributed by atoms with E-state index < -0.39 is 22.3 Å². The molecule has 16 heteroatoms. The van der Waals surface area contributed by atoms with Crippen molar-refractivity contribution in [3.05, 3.63) is 207 Å². The minimum absolute atomic E-state index is 0.192. The van der Waals surface area contributed by atoms with Gasteiger partial charge in [-0.15, -0.1) is 11.3 Å². The van der Waals surface area contributed by atoms with Gasteiger partial charge in [0.25, 0.3) is 0 Å². The lowest BCUT2D eigenvalue weighted by atomic mass is 9.77. The summed E-state index contributed by atoms with van der Waals surface area (Å²) in [7, 11) is 2.94. The largest absolute Gasteiger partial charge is 0.488 e. The summed E-state index contributed by atoms with van der Waals surface area (Å²) in [4.78, 5) is 33.3. The first-order chi connectivity index (χ1) is 39.7. The molecule has 0 saturated carbocycles. The monoisotopic (exact) mass is 1140 g/mol. The molecule has 0 atom stereocenters. The third kappa shape index (κ3) is 13.4. The summed E-state index contributed by atoms with van der Waals surface area (Å²) >= 11 is 1.74. The molecule has 1 aliphatic carbocycles. The summed E-state index contributed by atoms with van der Waals surface area (Å²) in [6.07, 6.45) is 8.25. The lowest BCUT2D eigenvalue weighted by Gasteiger charge is -2.38. The minimum atomic E-state index is -2.18. The van der Waals surface area contributed by atoms with Crippen LogP contribution in [0.4, 0.5) is 5.69 Å². The molecule has 6 aromatic carbocycles. The van der Waals surface area contributed by atoms with Crippen LogP contribution in [-0.2, 0) is 35.8 Å². The molecule has 0 radical (unpaired) electrons. The summed E-state index contributed by atoms with van der Waals surface area (Å²) in [6, 6.07) is 39.6. The molecule has 83 heavy (non-hydrogen) atoms. The maximum Gasteiger partial charge on any atom is 0.488 e. The van der Waals surface area contributed by atoms with Gasteiger partial charge in [-0.1, -0.05) is 117 Å². The number of anilines is 1. The molecular weight excluding hydrogens is 1070 g/mol. The quantitative estimate of drug-likeness (QED) is 0.0124. The van der Waals surface area contributed by atoms with Crippen LogP contribution in [0.1, 0.15) is 60.1 Å². The summed E-state index contributed by atoms with van der Waals surface area (Å²) in [5.74, 6) is -0.384. The van der Waals surface area contributed by atoms with Crippen LogP contribution >= 0.6 is 11.3 Å². The Morgan fingerprint density at radius 3 is 1.70 bits per heavy atom. The highest BCUT2D eigenvalue weighted by Crippen LogP contribution is 2.45. The van der Waals surface area contributed by atoms with Crippen molar-refractivity contribution < 1.29 is 34.3 Å². The number of thiophene rings is 1. The zero-order valence-electron chi connectivity index (χ0n) is 49.2. The molecule has 2 amide bonds. The van der Waals surface area contributed by atoms with Gasteiger partial charge in [0.15, 0.2) is 5.71 Å². The van der Waals surface area contributed by atoms with Gasteiger partial charge in [0.05, 0.1) is 0 Å². The number of nitrogens with one attached hydrogen (secondary N) is 2. The SMILES string of the molecule is C=C(C)C(=O)NCCCN(Cc1ccccc1B(O)O)Cc1c2ccccc2c(CN(CCCNC(=O)C(=C)C)Cc2ccccc2B(O)O)c2cc(-c3cc(C4=C5C=CC(=[N+](C)C)C=C5[Si](C)(C)c5cc(N(C)C)ccc54)cs3)ccc12. The van der Waals surface area contributed by atoms with Crippen molar-refractivity contribution in [3.8, 4) is 10.4 Å². The Hall–Kier alpha value is -7.24. The third-order valence-electron chi connectivity index (χ3n) is 16.2. The number of carbonyl (C=O) groups is 2. The van der Waals surface area contributed by atoms with Gasteiger partial charge in [-0.2, -0.15) is 0 Å². The van der Waals surface area contributed by atoms with Gasteiger partial charge in [0.2, 0.25) is 11.8 Å². The van der Waals surface area contributed by atoms with Crippen LogP contribution in [-0.4, -0.2) is 129 Å². The Balaban J connectivity index is 1.21. The fourth-order valence-corrected chi connectivity index (χ4v) is 15.7. The normalized spacial score (nSPS) is 13.5. The van der Waals surface area contributed by atoms with Gasteiger partial charge < -0.3 is 35.6 Å². The molecule has 426 valence electrons. The summed E-state index contributed by atoms with van der Waals surface area (Å²) in [5.41, 5.74) is 14.0. The number of benzene rings is 6. The van der Waals surface area contributed by atoms with Crippen molar-refractivity contribution in [1.82, 2.24) is 20.4 Å². The van der Waals surface area contributed by atoms with Crippen molar-refractivity contribution in [2.24, 2.45) is 0 Å². The Morgan fingerprint density at radius 2 is 1.17 bits per heavy atom. The zero-order valence-corrected chi connectivity index (χ0v) is 51.0. The molecule has 12 nitrogen and oxygen atoms in total. The maximum absolute atomic E-state index is 12.7. The van der Waals surface area contributed by atoms with Crippen LogP contribution in [0, 0.1) is 0 Å². The highest BCUT2D eigenvalue weighted by atomic mass is 32.1. The van der Waals surface area contributed by atoms with Gasteiger partial charge in [-0.3, -0.25) is 19.4 Å². The zero-order chi connectivity index (χ0) is 59.3. The van der Waals surface area contributed by atoms with E-state index in [1.165, 1.54) is 44.1 Å². The van der Waals surface area contributed by atoms with Gasteiger partial charge in [-0.05, 0) is 155 Å². The van der Waals surface area contributed by atoms with Crippen LogP contribution in [0.15, 0.2) is 174 Å². The highest BCUT2D eigenvalue weighted by molar-refractivity contribution is 7.13. The Bertz CT molecular complexity index is 3780. The topological polar surface area (TPSA) is 152 Å². The Kier molecular flexibility index (Phi) is 19.0. The standard InChI is InChI=1S/C67H76B2N6O6SSi/c1-44(2)66(76)70-31-17-33-74(39-47-19-11-15-23-60(47)68(78)79)41-58-52-21-13-14-22-53(52)59(42-75(34-18-32-71-67(77)45(3)4)40-48-20-12-16-24-61(48)69(80)81)57-35-46(25-28-54(57)58)62-36-49(43-82-62)65-55-29-26-50(72(5)6)37-63(55)83(9,10)64-38-51(73(7)8)27-30-56(64)65/h11-16,19-30,35-38,43,78-81H,1,3,17-18,31-34,39-42H2,2,4-10H3,(H-,70,71,76,77)/p+1. The van der Waals surface area contributed by atoms with Crippen molar-refractivity contribution in [3.63, 3.8) is 0 Å². The Morgan fingerprint density at radius 1 is 0.639 bits per heavy atom. The molecule has 9 rings (SSSR count). The number of rotatable bonds is 23.